The second-order valence-electron chi connectivity index (χ2n) is 4.30. The van der Waals surface area contributed by atoms with Crippen LogP contribution in [0.4, 0.5) is 9.52 Å². The summed E-state index contributed by atoms with van der Waals surface area (Å²) in [5, 5.41) is 4.02. The quantitative estimate of drug-likeness (QED) is 0.786. The predicted molar refractivity (Wildman–Crippen MR) is 79.9 cm³/mol. The number of halogens is 1. The van der Waals surface area contributed by atoms with Gasteiger partial charge in [0.25, 0.3) is 0 Å². The van der Waals surface area contributed by atoms with Gasteiger partial charge in [-0.1, -0.05) is 29.5 Å². The van der Waals surface area contributed by atoms with E-state index in [1.165, 1.54) is 23.5 Å². The summed E-state index contributed by atoms with van der Waals surface area (Å²) in [4.78, 5) is 4.42. The fourth-order valence-corrected chi connectivity index (χ4v) is 2.88. The molecule has 2 aromatic carbocycles. The van der Waals surface area contributed by atoms with Gasteiger partial charge in [-0.3, -0.25) is 0 Å². The zero-order valence-corrected chi connectivity index (χ0v) is 11.7. The third kappa shape index (κ3) is 2.58. The molecule has 3 nitrogen and oxygen atoms in total. The molecule has 0 atom stereocenters. The number of benzene rings is 2. The summed E-state index contributed by atoms with van der Waals surface area (Å²) in [6, 6.07) is 12.4. The van der Waals surface area contributed by atoms with Crippen molar-refractivity contribution in [3.8, 4) is 5.75 Å². The van der Waals surface area contributed by atoms with E-state index in [0.717, 1.165) is 26.7 Å². The zero-order chi connectivity index (χ0) is 13.9. The summed E-state index contributed by atoms with van der Waals surface area (Å²) < 4.78 is 19.3. The minimum Gasteiger partial charge on any atom is -0.496 e. The van der Waals surface area contributed by atoms with Crippen LogP contribution in [0.3, 0.4) is 0 Å². The van der Waals surface area contributed by atoms with E-state index in [1.807, 2.05) is 24.3 Å². The number of nitrogens with zero attached hydrogens (tertiary/aromatic N) is 1. The fraction of sp³-hybridized carbons (Fsp3) is 0.133. The Bertz CT molecular complexity index is 742. The van der Waals surface area contributed by atoms with Crippen molar-refractivity contribution >= 4 is 26.7 Å². The Morgan fingerprint density at radius 1 is 1.25 bits per heavy atom. The van der Waals surface area contributed by atoms with Crippen LogP contribution >= 0.6 is 11.3 Å². The molecule has 0 fully saturated rings. The maximum atomic E-state index is 13.1. The molecule has 5 heteroatoms. The van der Waals surface area contributed by atoms with Crippen LogP contribution in [0.5, 0.6) is 5.75 Å². The van der Waals surface area contributed by atoms with E-state index in [9.17, 15) is 4.39 Å². The first-order valence-corrected chi connectivity index (χ1v) is 7.00. The van der Waals surface area contributed by atoms with Crippen molar-refractivity contribution in [1.29, 1.82) is 0 Å². The number of hydrogen-bond donors (Lipinski definition) is 1. The number of fused-ring (bicyclic) bond motifs is 1. The molecule has 0 saturated heterocycles. The molecule has 0 aliphatic rings. The smallest absolute Gasteiger partial charge is 0.184 e. The number of aromatic nitrogens is 1. The van der Waals surface area contributed by atoms with Crippen molar-refractivity contribution in [2.24, 2.45) is 0 Å². The maximum absolute atomic E-state index is 13.1. The SMILES string of the molecule is COc1ccccc1CNc1nc2ccc(F)cc2s1. The van der Waals surface area contributed by atoms with E-state index in [-0.39, 0.29) is 5.82 Å². The Morgan fingerprint density at radius 3 is 2.95 bits per heavy atom. The highest BCUT2D eigenvalue weighted by Gasteiger charge is 2.06. The average Bonchev–Trinajstić information content (AvgIpc) is 2.87. The lowest BCUT2D eigenvalue weighted by Gasteiger charge is -2.08. The van der Waals surface area contributed by atoms with E-state index in [4.69, 9.17) is 4.74 Å². The zero-order valence-electron chi connectivity index (χ0n) is 10.9. The van der Waals surface area contributed by atoms with E-state index in [2.05, 4.69) is 10.3 Å². The predicted octanol–water partition coefficient (Wildman–Crippen LogP) is 4.06. The molecule has 20 heavy (non-hydrogen) atoms. The number of thiazole rings is 1. The van der Waals surface area contributed by atoms with E-state index in [0.29, 0.717) is 6.54 Å². The van der Waals surface area contributed by atoms with Crippen LogP contribution in [0.25, 0.3) is 10.2 Å². The topological polar surface area (TPSA) is 34.1 Å². The van der Waals surface area contributed by atoms with Gasteiger partial charge in [-0.15, -0.1) is 0 Å². The first-order chi connectivity index (χ1) is 9.76. The van der Waals surface area contributed by atoms with Crippen molar-refractivity contribution < 1.29 is 9.13 Å². The van der Waals surface area contributed by atoms with Crippen molar-refractivity contribution in [2.45, 2.75) is 6.54 Å². The van der Waals surface area contributed by atoms with Crippen molar-refractivity contribution in [1.82, 2.24) is 4.98 Å². The Balaban J connectivity index is 1.79. The van der Waals surface area contributed by atoms with Crippen molar-refractivity contribution in [3.63, 3.8) is 0 Å². The van der Waals surface area contributed by atoms with Gasteiger partial charge in [0.2, 0.25) is 0 Å². The summed E-state index contributed by atoms with van der Waals surface area (Å²) in [5.41, 5.74) is 1.86. The molecule has 0 amide bonds. The molecule has 1 aromatic heterocycles. The fourth-order valence-electron chi connectivity index (χ4n) is 1.99. The maximum Gasteiger partial charge on any atom is 0.184 e. The third-order valence-corrected chi connectivity index (χ3v) is 3.95. The molecule has 3 rings (SSSR count). The third-order valence-electron chi connectivity index (χ3n) is 2.97. The van der Waals surface area contributed by atoms with Crippen LogP contribution in [0.2, 0.25) is 0 Å². The highest BCUT2D eigenvalue weighted by molar-refractivity contribution is 7.22. The number of hydrogen-bond acceptors (Lipinski definition) is 4. The number of rotatable bonds is 4. The number of para-hydroxylation sites is 1. The number of ether oxygens (including phenoxy) is 1. The van der Waals surface area contributed by atoms with Crippen LogP contribution in [0.1, 0.15) is 5.56 Å². The molecule has 0 bridgehead atoms. The molecule has 0 aliphatic heterocycles. The van der Waals surface area contributed by atoms with Crippen LogP contribution < -0.4 is 10.1 Å². The second-order valence-corrected chi connectivity index (χ2v) is 5.33. The van der Waals surface area contributed by atoms with E-state index < -0.39 is 0 Å². The van der Waals surface area contributed by atoms with Gasteiger partial charge in [-0.05, 0) is 24.3 Å². The monoisotopic (exact) mass is 288 g/mol. The van der Waals surface area contributed by atoms with Gasteiger partial charge in [0.05, 0.1) is 17.3 Å². The largest absolute Gasteiger partial charge is 0.496 e. The first kappa shape index (κ1) is 12.9. The molecule has 102 valence electrons. The van der Waals surface area contributed by atoms with Crippen LogP contribution in [-0.4, -0.2) is 12.1 Å². The summed E-state index contributed by atoms with van der Waals surface area (Å²) in [6.45, 7) is 0.617. The van der Waals surface area contributed by atoms with Gasteiger partial charge < -0.3 is 10.1 Å². The Kier molecular flexibility index (Phi) is 3.52. The number of anilines is 1. The Morgan fingerprint density at radius 2 is 2.10 bits per heavy atom. The summed E-state index contributed by atoms with van der Waals surface area (Å²) >= 11 is 1.44. The Hall–Kier alpha value is -2.14. The molecular weight excluding hydrogens is 275 g/mol. The lowest BCUT2D eigenvalue weighted by atomic mass is 10.2. The summed E-state index contributed by atoms with van der Waals surface area (Å²) in [5.74, 6) is 0.601. The van der Waals surface area contributed by atoms with Crippen molar-refractivity contribution in [3.05, 3.63) is 53.8 Å². The molecule has 0 saturated carbocycles. The van der Waals surface area contributed by atoms with E-state index >= 15 is 0 Å². The number of nitrogens with one attached hydrogen (secondary N) is 1. The van der Waals surface area contributed by atoms with Crippen LogP contribution in [-0.2, 0) is 6.54 Å². The molecule has 3 aromatic rings. The van der Waals surface area contributed by atoms with Gasteiger partial charge in [0.15, 0.2) is 5.13 Å². The second kappa shape index (κ2) is 5.46. The summed E-state index contributed by atoms with van der Waals surface area (Å²) in [7, 11) is 1.65. The molecule has 0 aliphatic carbocycles. The lowest BCUT2D eigenvalue weighted by Crippen LogP contribution is -2.00. The normalized spacial score (nSPS) is 10.7. The first-order valence-electron chi connectivity index (χ1n) is 6.18. The van der Waals surface area contributed by atoms with Gasteiger partial charge in [-0.2, -0.15) is 0 Å². The van der Waals surface area contributed by atoms with Gasteiger partial charge >= 0.3 is 0 Å². The lowest BCUT2D eigenvalue weighted by molar-refractivity contribution is 0.410. The molecular formula is C15H13FN2OS. The van der Waals surface area contributed by atoms with E-state index in [1.54, 1.807) is 13.2 Å². The summed E-state index contributed by atoms with van der Waals surface area (Å²) in [6.07, 6.45) is 0. The Labute approximate surface area is 120 Å². The average molecular weight is 288 g/mol. The molecule has 0 spiro atoms. The molecule has 0 unspecified atom stereocenters. The standard InChI is InChI=1S/C15H13FN2OS/c1-19-13-5-3-2-4-10(13)9-17-15-18-12-7-6-11(16)8-14(12)20-15/h2-8H,9H2,1H3,(H,17,18). The molecule has 1 heterocycles. The minimum atomic E-state index is -0.238. The van der Waals surface area contributed by atoms with Gasteiger partial charge in [0, 0.05) is 12.1 Å². The minimum absolute atomic E-state index is 0.238. The molecule has 0 radical (unpaired) electrons. The van der Waals surface area contributed by atoms with Crippen LogP contribution in [0, 0.1) is 5.82 Å². The van der Waals surface area contributed by atoms with Gasteiger partial charge in [0.1, 0.15) is 11.6 Å². The number of methoxy groups -OCH3 is 1. The highest BCUT2D eigenvalue weighted by atomic mass is 32.1. The van der Waals surface area contributed by atoms with Gasteiger partial charge in [-0.25, -0.2) is 9.37 Å². The highest BCUT2D eigenvalue weighted by Crippen LogP contribution is 2.27. The van der Waals surface area contributed by atoms with Crippen molar-refractivity contribution in [2.75, 3.05) is 12.4 Å². The van der Waals surface area contributed by atoms with Crippen LogP contribution in [0.15, 0.2) is 42.5 Å². The molecule has 1 N–H and O–H groups in total.